The zero-order valence-electron chi connectivity index (χ0n) is 9.32. The summed E-state index contributed by atoms with van der Waals surface area (Å²) in [6, 6.07) is 1.72. The van der Waals surface area contributed by atoms with Gasteiger partial charge in [-0.3, -0.25) is 4.68 Å². The average Bonchev–Trinajstić information content (AvgIpc) is 2.93. The van der Waals surface area contributed by atoms with Crippen molar-refractivity contribution >= 4 is 17.1 Å². The molecule has 0 bridgehead atoms. The second-order valence-corrected chi connectivity index (χ2v) is 3.73. The van der Waals surface area contributed by atoms with Crippen molar-refractivity contribution in [3.63, 3.8) is 0 Å². The minimum Gasteiger partial charge on any atom is -0.478 e. The maximum atomic E-state index is 11.1. The fourth-order valence-corrected chi connectivity index (χ4v) is 1.81. The van der Waals surface area contributed by atoms with Gasteiger partial charge in [-0.25, -0.2) is 9.78 Å². The van der Waals surface area contributed by atoms with E-state index in [2.05, 4.69) is 25.5 Å². The summed E-state index contributed by atoms with van der Waals surface area (Å²) in [5.41, 5.74) is 2.30. The maximum Gasteiger partial charge on any atom is 0.339 e. The molecule has 0 aromatic carbocycles. The summed E-state index contributed by atoms with van der Waals surface area (Å²) in [5.74, 6) is -1.03. The third kappa shape index (κ3) is 1.43. The number of carboxylic acid groups (broad SMARTS) is 1. The summed E-state index contributed by atoms with van der Waals surface area (Å²) in [4.78, 5) is 15.2. The van der Waals surface area contributed by atoms with E-state index in [9.17, 15) is 4.79 Å². The van der Waals surface area contributed by atoms with Crippen molar-refractivity contribution < 1.29 is 9.90 Å². The molecule has 0 aliphatic heterocycles. The predicted octanol–water partition coefficient (Wildman–Crippen LogP) is 0.452. The minimum atomic E-state index is -1.03. The number of aromatic nitrogens is 6. The first-order chi connectivity index (χ1) is 8.66. The summed E-state index contributed by atoms with van der Waals surface area (Å²) in [7, 11) is 1.68. The van der Waals surface area contributed by atoms with Gasteiger partial charge >= 0.3 is 5.97 Å². The molecule has 0 fully saturated rings. The highest BCUT2D eigenvalue weighted by molar-refractivity contribution is 5.95. The van der Waals surface area contributed by atoms with Gasteiger partial charge < -0.3 is 5.11 Å². The minimum absolute atomic E-state index is 0.127. The SMILES string of the molecule is Cn1ncc(C(=O)O)c1-c1cnc2n[nH]nc2c1. The maximum absolute atomic E-state index is 11.1. The standard InChI is InChI=1S/C10H8N6O2/c1-16-8(6(4-12-16)10(17)18)5-2-7-9(11-3-5)14-15-13-7/h2-4H,1H3,(H,17,18)(H,11,13,14,15). The van der Waals surface area contributed by atoms with Crippen LogP contribution < -0.4 is 0 Å². The van der Waals surface area contributed by atoms with Crippen LogP contribution in [0, 0.1) is 0 Å². The Kier molecular flexibility index (Phi) is 2.09. The molecule has 2 N–H and O–H groups in total. The molecule has 3 aromatic heterocycles. The van der Waals surface area contributed by atoms with Crippen LogP contribution in [0.1, 0.15) is 10.4 Å². The Morgan fingerprint density at radius 3 is 3.00 bits per heavy atom. The first-order valence-corrected chi connectivity index (χ1v) is 5.09. The fraction of sp³-hybridized carbons (Fsp3) is 0.100. The van der Waals surface area contributed by atoms with Crippen molar-refractivity contribution in [2.45, 2.75) is 0 Å². The highest BCUT2D eigenvalue weighted by atomic mass is 16.4. The van der Waals surface area contributed by atoms with E-state index in [-0.39, 0.29) is 5.56 Å². The van der Waals surface area contributed by atoms with Crippen LogP contribution >= 0.6 is 0 Å². The monoisotopic (exact) mass is 244 g/mol. The third-order valence-corrected chi connectivity index (χ3v) is 2.62. The van der Waals surface area contributed by atoms with Crippen molar-refractivity contribution in [3.8, 4) is 11.3 Å². The van der Waals surface area contributed by atoms with E-state index in [1.807, 2.05) is 0 Å². The number of aromatic amines is 1. The Bertz CT molecular complexity index is 744. The molecule has 0 amide bonds. The number of aromatic carboxylic acids is 1. The Balaban J connectivity index is 2.24. The normalized spacial score (nSPS) is 10.9. The van der Waals surface area contributed by atoms with E-state index in [0.29, 0.717) is 22.4 Å². The lowest BCUT2D eigenvalue weighted by Gasteiger charge is -2.03. The largest absolute Gasteiger partial charge is 0.478 e. The zero-order valence-corrected chi connectivity index (χ0v) is 9.32. The topological polar surface area (TPSA) is 110 Å². The van der Waals surface area contributed by atoms with Gasteiger partial charge in [-0.05, 0) is 6.07 Å². The Labute approximate surface area is 100 Å². The molecule has 8 nitrogen and oxygen atoms in total. The Morgan fingerprint density at radius 2 is 2.22 bits per heavy atom. The first kappa shape index (κ1) is 10.4. The molecule has 0 unspecified atom stereocenters. The lowest BCUT2D eigenvalue weighted by atomic mass is 10.1. The molecule has 0 spiro atoms. The molecule has 18 heavy (non-hydrogen) atoms. The molecule has 8 heteroatoms. The van der Waals surface area contributed by atoms with Gasteiger partial charge in [0, 0.05) is 18.8 Å². The number of pyridine rings is 1. The number of hydrogen-bond donors (Lipinski definition) is 2. The molecule has 0 saturated heterocycles. The second kappa shape index (κ2) is 3.62. The molecule has 0 radical (unpaired) electrons. The molecule has 3 heterocycles. The Hall–Kier alpha value is -2.77. The smallest absolute Gasteiger partial charge is 0.339 e. The molecule has 0 aliphatic carbocycles. The van der Waals surface area contributed by atoms with E-state index < -0.39 is 5.97 Å². The molecular weight excluding hydrogens is 236 g/mol. The van der Waals surface area contributed by atoms with E-state index in [4.69, 9.17) is 5.11 Å². The highest BCUT2D eigenvalue weighted by Gasteiger charge is 2.17. The van der Waals surface area contributed by atoms with Gasteiger partial charge in [0.2, 0.25) is 5.65 Å². The third-order valence-electron chi connectivity index (χ3n) is 2.62. The molecule has 0 atom stereocenters. The van der Waals surface area contributed by atoms with E-state index >= 15 is 0 Å². The number of aryl methyl sites for hydroxylation is 1. The van der Waals surface area contributed by atoms with Crippen molar-refractivity contribution in [1.82, 2.24) is 30.2 Å². The quantitative estimate of drug-likeness (QED) is 0.677. The second-order valence-electron chi connectivity index (χ2n) is 3.73. The van der Waals surface area contributed by atoms with Crippen LogP contribution in [-0.4, -0.2) is 41.3 Å². The predicted molar refractivity (Wildman–Crippen MR) is 60.8 cm³/mol. The first-order valence-electron chi connectivity index (χ1n) is 5.09. The van der Waals surface area contributed by atoms with Gasteiger partial charge in [0.15, 0.2) is 0 Å². The van der Waals surface area contributed by atoms with Crippen molar-refractivity contribution in [1.29, 1.82) is 0 Å². The van der Waals surface area contributed by atoms with Crippen LogP contribution in [0.4, 0.5) is 0 Å². The van der Waals surface area contributed by atoms with Gasteiger partial charge in [0.05, 0.1) is 11.9 Å². The van der Waals surface area contributed by atoms with Crippen LogP contribution in [0.5, 0.6) is 0 Å². The van der Waals surface area contributed by atoms with Gasteiger partial charge in [-0.15, -0.1) is 5.10 Å². The number of rotatable bonds is 2. The van der Waals surface area contributed by atoms with Crippen LogP contribution in [0.15, 0.2) is 18.5 Å². The van der Waals surface area contributed by atoms with Crippen LogP contribution in [0.2, 0.25) is 0 Å². The molecular formula is C10H8N6O2. The van der Waals surface area contributed by atoms with Crippen LogP contribution in [0.3, 0.4) is 0 Å². The summed E-state index contributed by atoms with van der Waals surface area (Å²) in [5, 5.41) is 23.3. The molecule has 3 aromatic rings. The fourth-order valence-electron chi connectivity index (χ4n) is 1.81. The van der Waals surface area contributed by atoms with Gasteiger partial charge in [0.1, 0.15) is 11.1 Å². The number of carbonyl (C=O) groups is 1. The lowest BCUT2D eigenvalue weighted by molar-refractivity contribution is 0.0697. The zero-order chi connectivity index (χ0) is 12.7. The number of H-pyrrole nitrogens is 1. The summed E-state index contributed by atoms with van der Waals surface area (Å²) in [6.45, 7) is 0. The van der Waals surface area contributed by atoms with Crippen LogP contribution in [-0.2, 0) is 7.05 Å². The molecule has 3 rings (SSSR count). The van der Waals surface area contributed by atoms with E-state index in [0.717, 1.165) is 0 Å². The van der Waals surface area contributed by atoms with Crippen molar-refractivity contribution in [2.24, 2.45) is 7.05 Å². The average molecular weight is 244 g/mol. The van der Waals surface area contributed by atoms with Crippen LogP contribution in [0.25, 0.3) is 22.4 Å². The van der Waals surface area contributed by atoms with Gasteiger partial charge in [0.25, 0.3) is 0 Å². The number of nitrogens with zero attached hydrogens (tertiary/aromatic N) is 5. The Morgan fingerprint density at radius 1 is 1.39 bits per heavy atom. The summed E-state index contributed by atoms with van der Waals surface area (Å²) in [6.07, 6.45) is 2.86. The molecule has 0 aliphatic rings. The number of fused-ring (bicyclic) bond motifs is 1. The van der Waals surface area contributed by atoms with Gasteiger partial charge in [-0.1, -0.05) is 0 Å². The van der Waals surface area contributed by atoms with Crippen molar-refractivity contribution in [3.05, 3.63) is 24.0 Å². The summed E-state index contributed by atoms with van der Waals surface area (Å²) < 4.78 is 1.49. The highest BCUT2D eigenvalue weighted by Crippen LogP contribution is 2.24. The van der Waals surface area contributed by atoms with E-state index in [1.54, 1.807) is 19.3 Å². The number of hydrogen-bond acceptors (Lipinski definition) is 5. The van der Waals surface area contributed by atoms with E-state index in [1.165, 1.54) is 10.9 Å². The summed E-state index contributed by atoms with van der Waals surface area (Å²) >= 11 is 0. The number of nitrogens with one attached hydrogen (secondary N) is 1. The molecule has 90 valence electrons. The number of carboxylic acids is 1. The van der Waals surface area contributed by atoms with Crippen molar-refractivity contribution in [2.75, 3.05) is 0 Å². The lowest BCUT2D eigenvalue weighted by Crippen LogP contribution is -2.01. The molecule has 0 saturated carbocycles. The van der Waals surface area contributed by atoms with Gasteiger partial charge in [-0.2, -0.15) is 15.4 Å².